The SMILES string of the molecule is C=C(CN)NC(CC(C)C)B1CC2CC3CC(C3(C)C)[C@]2(C)C1. The van der Waals surface area contributed by atoms with Gasteiger partial charge in [0.2, 0.25) is 0 Å². The van der Waals surface area contributed by atoms with Gasteiger partial charge in [-0.2, -0.15) is 0 Å². The lowest BCUT2D eigenvalue weighted by Crippen LogP contribution is -2.58. The zero-order chi connectivity index (χ0) is 17.0. The second-order valence-electron chi connectivity index (χ2n) is 10.1. The first kappa shape index (κ1) is 17.4. The predicted octanol–water partition coefficient (Wildman–Crippen LogP) is 4.20. The molecule has 4 unspecified atom stereocenters. The van der Waals surface area contributed by atoms with Gasteiger partial charge in [0.25, 0.3) is 0 Å². The molecule has 1 saturated heterocycles. The molecule has 130 valence electrons. The lowest BCUT2D eigenvalue weighted by molar-refractivity contribution is -0.165. The summed E-state index contributed by atoms with van der Waals surface area (Å²) in [5.41, 5.74) is 7.97. The summed E-state index contributed by atoms with van der Waals surface area (Å²) in [4.78, 5) is 0. The zero-order valence-corrected chi connectivity index (χ0v) is 16.0. The largest absolute Gasteiger partial charge is 0.392 e. The second kappa shape index (κ2) is 5.83. The molecular weight excluding hydrogens is 279 g/mol. The maximum Gasteiger partial charge on any atom is 0.168 e. The molecule has 0 aromatic heterocycles. The molecule has 0 spiro atoms. The van der Waals surface area contributed by atoms with Crippen molar-refractivity contribution >= 4 is 6.71 Å². The monoisotopic (exact) mass is 316 g/mol. The Kier molecular flexibility index (Phi) is 4.41. The molecule has 5 atom stereocenters. The van der Waals surface area contributed by atoms with E-state index in [1.165, 1.54) is 31.9 Å². The lowest BCUT2D eigenvalue weighted by atomic mass is 9.37. The predicted molar refractivity (Wildman–Crippen MR) is 102 cm³/mol. The van der Waals surface area contributed by atoms with Gasteiger partial charge >= 0.3 is 0 Å². The molecular formula is C20H37BN2. The van der Waals surface area contributed by atoms with Gasteiger partial charge < -0.3 is 11.1 Å². The Morgan fingerprint density at radius 1 is 1.26 bits per heavy atom. The minimum absolute atomic E-state index is 0.555. The number of hydrogen-bond donors (Lipinski definition) is 2. The molecule has 3 N–H and O–H groups in total. The molecule has 2 nitrogen and oxygen atoms in total. The molecule has 0 aromatic rings. The number of rotatable bonds is 6. The van der Waals surface area contributed by atoms with Crippen molar-refractivity contribution in [2.45, 2.75) is 72.5 Å². The first-order valence-electron chi connectivity index (χ1n) is 9.82. The van der Waals surface area contributed by atoms with Gasteiger partial charge in [0.1, 0.15) is 0 Å². The highest BCUT2D eigenvalue weighted by atomic mass is 14.9. The minimum Gasteiger partial charge on any atom is -0.392 e. The Balaban J connectivity index is 1.75. The van der Waals surface area contributed by atoms with Gasteiger partial charge in [0.05, 0.1) is 0 Å². The minimum atomic E-state index is 0.555. The van der Waals surface area contributed by atoms with Gasteiger partial charge in [-0.3, -0.25) is 0 Å². The molecule has 3 saturated carbocycles. The fourth-order valence-corrected chi connectivity index (χ4v) is 6.63. The van der Waals surface area contributed by atoms with Gasteiger partial charge in [-0.25, -0.2) is 0 Å². The third kappa shape index (κ3) is 2.77. The first-order valence-corrected chi connectivity index (χ1v) is 9.82. The molecule has 3 aliphatic carbocycles. The van der Waals surface area contributed by atoms with Crippen LogP contribution in [0.4, 0.5) is 0 Å². The molecule has 0 amide bonds. The Bertz CT molecular complexity index is 472. The Labute approximate surface area is 144 Å². The van der Waals surface area contributed by atoms with Crippen LogP contribution in [0.5, 0.6) is 0 Å². The molecule has 23 heavy (non-hydrogen) atoms. The molecule has 0 aromatic carbocycles. The van der Waals surface area contributed by atoms with Crippen LogP contribution in [-0.4, -0.2) is 19.2 Å². The normalized spacial score (nSPS) is 38.9. The van der Waals surface area contributed by atoms with E-state index in [1.54, 1.807) is 0 Å². The smallest absolute Gasteiger partial charge is 0.168 e. The van der Waals surface area contributed by atoms with E-state index in [4.69, 9.17) is 5.73 Å². The Morgan fingerprint density at radius 3 is 2.52 bits per heavy atom. The van der Waals surface area contributed by atoms with E-state index >= 15 is 0 Å². The maximum atomic E-state index is 5.79. The summed E-state index contributed by atoms with van der Waals surface area (Å²) in [7, 11) is 0. The highest BCUT2D eigenvalue weighted by Crippen LogP contribution is 2.72. The molecule has 1 heterocycles. The van der Waals surface area contributed by atoms with E-state index in [2.05, 4.69) is 46.5 Å². The van der Waals surface area contributed by atoms with Crippen molar-refractivity contribution in [1.29, 1.82) is 0 Å². The van der Waals surface area contributed by atoms with Crippen molar-refractivity contribution in [2.75, 3.05) is 6.54 Å². The van der Waals surface area contributed by atoms with Crippen LogP contribution in [0.15, 0.2) is 12.3 Å². The summed E-state index contributed by atoms with van der Waals surface area (Å²) < 4.78 is 0. The zero-order valence-electron chi connectivity index (χ0n) is 16.0. The van der Waals surface area contributed by atoms with Crippen LogP contribution in [-0.2, 0) is 0 Å². The van der Waals surface area contributed by atoms with Crippen LogP contribution >= 0.6 is 0 Å². The van der Waals surface area contributed by atoms with Crippen LogP contribution in [0.25, 0.3) is 0 Å². The van der Waals surface area contributed by atoms with Crippen molar-refractivity contribution in [3.05, 3.63) is 12.3 Å². The quantitative estimate of drug-likeness (QED) is 0.721. The van der Waals surface area contributed by atoms with E-state index < -0.39 is 0 Å². The van der Waals surface area contributed by atoms with Crippen molar-refractivity contribution in [1.82, 2.24) is 5.32 Å². The van der Waals surface area contributed by atoms with Crippen molar-refractivity contribution in [3.8, 4) is 0 Å². The van der Waals surface area contributed by atoms with E-state index in [0.717, 1.165) is 36.1 Å². The van der Waals surface area contributed by atoms with Crippen molar-refractivity contribution in [2.24, 2.45) is 40.2 Å². The molecule has 4 fully saturated rings. The van der Waals surface area contributed by atoms with E-state index in [0.29, 0.717) is 23.3 Å². The fraction of sp³-hybridized carbons (Fsp3) is 0.900. The van der Waals surface area contributed by atoms with E-state index in [-0.39, 0.29) is 0 Å². The van der Waals surface area contributed by atoms with E-state index in [9.17, 15) is 0 Å². The Morgan fingerprint density at radius 2 is 1.96 bits per heavy atom. The number of nitrogens with one attached hydrogen (secondary N) is 1. The third-order valence-corrected chi connectivity index (χ3v) is 7.99. The molecule has 2 bridgehead atoms. The molecule has 0 radical (unpaired) electrons. The molecule has 3 heteroatoms. The summed E-state index contributed by atoms with van der Waals surface area (Å²) in [5, 5.41) is 3.70. The average molecular weight is 316 g/mol. The Hall–Kier alpha value is -0.435. The highest BCUT2D eigenvalue weighted by molar-refractivity contribution is 6.61. The number of nitrogens with two attached hydrogens (primary N) is 1. The van der Waals surface area contributed by atoms with Crippen LogP contribution < -0.4 is 11.1 Å². The maximum absolute atomic E-state index is 5.79. The van der Waals surface area contributed by atoms with Crippen LogP contribution in [0, 0.1) is 34.5 Å². The van der Waals surface area contributed by atoms with Gasteiger partial charge in [0.15, 0.2) is 6.71 Å². The summed E-state index contributed by atoms with van der Waals surface area (Å²) in [6.45, 7) is 17.8. The van der Waals surface area contributed by atoms with Gasteiger partial charge in [-0.05, 0) is 53.8 Å². The fourth-order valence-electron chi connectivity index (χ4n) is 6.63. The highest BCUT2D eigenvalue weighted by Gasteiger charge is 2.65. The summed E-state index contributed by atoms with van der Waals surface area (Å²) >= 11 is 0. The van der Waals surface area contributed by atoms with Gasteiger partial charge in [0, 0.05) is 18.2 Å². The summed E-state index contributed by atoms with van der Waals surface area (Å²) in [6, 6.07) is 0. The first-order chi connectivity index (χ1) is 10.7. The summed E-state index contributed by atoms with van der Waals surface area (Å²) in [5.74, 6) is 4.17. The average Bonchev–Trinajstić information content (AvgIpc) is 2.82. The second-order valence-corrected chi connectivity index (χ2v) is 10.1. The molecule has 1 aliphatic heterocycles. The number of hydrogen-bond acceptors (Lipinski definition) is 2. The van der Waals surface area contributed by atoms with Crippen molar-refractivity contribution in [3.63, 3.8) is 0 Å². The van der Waals surface area contributed by atoms with E-state index in [1.807, 2.05) is 0 Å². The van der Waals surface area contributed by atoms with Crippen molar-refractivity contribution < 1.29 is 0 Å². The molecule has 4 aliphatic rings. The lowest BCUT2D eigenvalue weighted by Gasteiger charge is -2.66. The third-order valence-electron chi connectivity index (χ3n) is 7.99. The van der Waals surface area contributed by atoms with Crippen LogP contribution in [0.1, 0.15) is 53.9 Å². The topological polar surface area (TPSA) is 38.0 Å². The van der Waals surface area contributed by atoms with Crippen LogP contribution in [0.2, 0.25) is 12.6 Å². The van der Waals surface area contributed by atoms with Gasteiger partial charge in [-0.1, -0.05) is 53.8 Å². The molecule has 4 rings (SSSR count). The standard InChI is InChI=1S/C20H37BN2/c1-13(2)7-18(23-14(3)11-22)21-10-16-8-15-9-17(19(15,4)5)20(16,6)12-21/h13,15-18,23H,3,7-12,22H2,1-2,4-6H3/t15?,16?,17?,18?,20-/m1/s1. The summed E-state index contributed by atoms with van der Waals surface area (Å²) in [6.07, 6.45) is 7.03. The van der Waals surface area contributed by atoms with Crippen LogP contribution in [0.3, 0.4) is 0 Å². The van der Waals surface area contributed by atoms with Gasteiger partial charge in [-0.15, -0.1) is 0 Å².